The summed E-state index contributed by atoms with van der Waals surface area (Å²) in [5.74, 6) is 0.468. The second-order valence-electron chi connectivity index (χ2n) is 9.03. The summed E-state index contributed by atoms with van der Waals surface area (Å²) in [6.45, 7) is 8.33. The van der Waals surface area contributed by atoms with E-state index in [0.717, 1.165) is 34.7 Å². The van der Waals surface area contributed by atoms with Crippen LogP contribution >= 0.6 is 22.9 Å². The highest BCUT2D eigenvalue weighted by molar-refractivity contribution is 7.22. The van der Waals surface area contributed by atoms with Gasteiger partial charge in [-0.3, -0.25) is 0 Å². The molecule has 2 aromatic heterocycles. The highest BCUT2D eigenvalue weighted by Gasteiger charge is 2.47. The van der Waals surface area contributed by atoms with Crippen molar-refractivity contribution in [2.45, 2.75) is 57.4 Å². The van der Waals surface area contributed by atoms with Gasteiger partial charge in [0.1, 0.15) is 22.4 Å². The fourth-order valence-corrected chi connectivity index (χ4v) is 5.60. The molecular formula is C20H25ClN4O4S. The van der Waals surface area contributed by atoms with Gasteiger partial charge >= 0.3 is 6.09 Å². The van der Waals surface area contributed by atoms with Crippen LogP contribution in [0.3, 0.4) is 0 Å². The largest absolute Gasteiger partial charge is 0.470 e. The number of ether oxygens (including phenoxy) is 3. The molecule has 10 heteroatoms. The molecule has 162 valence electrons. The molecule has 8 nitrogen and oxygen atoms in total. The lowest BCUT2D eigenvalue weighted by Crippen LogP contribution is -2.50. The van der Waals surface area contributed by atoms with Gasteiger partial charge in [-0.25, -0.2) is 9.78 Å². The Labute approximate surface area is 184 Å². The smallest absolute Gasteiger partial charge is 0.410 e. The van der Waals surface area contributed by atoms with Gasteiger partial charge in [0.25, 0.3) is 0 Å². The average molecular weight is 453 g/mol. The number of hydrogen-bond donors (Lipinski definition) is 0. The quantitative estimate of drug-likeness (QED) is 0.657. The summed E-state index contributed by atoms with van der Waals surface area (Å²) in [6, 6.07) is 2.21. The van der Waals surface area contributed by atoms with Crippen LogP contribution in [0.1, 0.15) is 33.6 Å². The number of nitrogens with zero attached hydrogens (tertiary/aromatic N) is 4. The van der Waals surface area contributed by atoms with Crippen LogP contribution in [0, 0.1) is 0 Å². The molecule has 3 fully saturated rings. The molecule has 0 radical (unpaired) electrons. The number of aromatic nitrogens is 2. The second kappa shape index (κ2) is 7.39. The van der Waals surface area contributed by atoms with Crippen LogP contribution in [0.15, 0.2) is 6.07 Å². The summed E-state index contributed by atoms with van der Waals surface area (Å²) < 4.78 is 17.9. The minimum atomic E-state index is -0.487. The van der Waals surface area contributed by atoms with Crippen molar-refractivity contribution in [3.63, 3.8) is 0 Å². The molecule has 5 heterocycles. The average Bonchev–Trinajstić information content (AvgIpc) is 3.42. The maximum atomic E-state index is 12.5. The number of halogens is 1. The molecule has 1 amide bonds. The second-order valence-corrected chi connectivity index (χ2v) is 10.4. The van der Waals surface area contributed by atoms with Gasteiger partial charge in [-0.15, -0.1) is 0 Å². The lowest BCUT2D eigenvalue weighted by atomic mass is 10.2. The number of rotatable bonds is 3. The van der Waals surface area contributed by atoms with Crippen LogP contribution in [0.25, 0.3) is 10.2 Å². The van der Waals surface area contributed by atoms with Gasteiger partial charge in [0, 0.05) is 19.5 Å². The normalized spacial score (nSPS) is 26.1. The maximum absolute atomic E-state index is 12.5. The molecule has 0 spiro atoms. The fraction of sp³-hybridized carbons (Fsp3) is 0.650. The molecule has 2 bridgehead atoms. The van der Waals surface area contributed by atoms with Crippen molar-refractivity contribution in [2.24, 2.45) is 0 Å². The van der Waals surface area contributed by atoms with Crippen LogP contribution in [-0.4, -0.2) is 71.1 Å². The van der Waals surface area contributed by atoms with Gasteiger partial charge < -0.3 is 24.0 Å². The number of hydrogen-bond acceptors (Lipinski definition) is 8. The van der Waals surface area contributed by atoms with Crippen molar-refractivity contribution in [3.8, 4) is 5.88 Å². The zero-order valence-electron chi connectivity index (χ0n) is 17.3. The van der Waals surface area contributed by atoms with Gasteiger partial charge in [-0.05, 0) is 33.3 Å². The summed E-state index contributed by atoms with van der Waals surface area (Å²) in [7, 11) is 0. The molecule has 3 saturated heterocycles. The number of pyridine rings is 1. The summed E-state index contributed by atoms with van der Waals surface area (Å²) in [6.07, 6.45) is 1.51. The van der Waals surface area contributed by atoms with E-state index in [1.54, 1.807) is 11.3 Å². The van der Waals surface area contributed by atoms with E-state index in [9.17, 15) is 4.79 Å². The van der Waals surface area contributed by atoms with Crippen LogP contribution in [0.4, 0.5) is 9.93 Å². The Morgan fingerprint density at radius 2 is 2.13 bits per heavy atom. The first-order valence-corrected chi connectivity index (χ1v) is 11.4. The number of likely N-dealkylation sites (tertiary alicyclic amines) is 1. The number of carbonyl (C=O) groups is 1. The van der Waals surface area contributed by atoms with Gasteiger partial charge in [0.15, 0.2) is 5.13 Å². The first kappa shape index (κ1) is 20.1. The Kier molecular flexibility index (Phi) is 4.95. The first-order valence-electron chi connectivity index (χ1n) is 10.2. The molecule has 3 aliphatic heterocycles. The molecule has 0 aromatic carbocycles. The third kappa shape index (κ3) is 3.78. The highest BCUT2D eigenvalue weighted by atomic mass is 35.5. The first-order chi connectivity index (χ1) is 14.3. The van der Waals surface area contributed by atoms with Crippen molar-refractivity contribution in [3.05, 3.63) is 11.2 Å². The minimum absolute atomic E-state index is 0.0190. The topological polar surface area (TPSA) is 77.0 Å². The molecule has 3 aliphatic rings. The lowest BCUT2D eigenvalue weighted by Gasteiger charge is -2.35. The van der Waals surface area contributed by atoms with Gasteiger partial charge in [0.2, 0.25) is 5.88 Å². The summed E-state index contributed by atoms with van der Waals surface area (Å²) in [5.41, 5.74) is 0.247. The van der Waals surface area contributed by atoms with E-state index in [0.29, 0.717) is 30.8 Å². The number of carbonyl (C=O) groups excluding carboxylic acids is 1. The standard InChI is InChI=1S/C20H25ClN4O4S/c1-20(2,3)29-19(26)25-9-11-6-12(25)8-24(11)18-23-16-14(30-18)7-15(21)22-17(16)28-13-4-5-27-10-13/h7,11-13H,4-6,8-10H2,1-3H3/t11-,12-,13-/m1/s1. The maximum Gasteiger partial charge on any atom is 0.410 e. The number of thiazole rings is 1. The molecule has 0 N–H and O–H groups in total. The summed E-state index contributed by atoms with van der Waals surface area (Å²) in [4.78, 5) is 25.9. The Hall–Kier alpha value is -1.84. The molecule has 30 heavy (non-hydrogen) atoms. The molecule has 2 aromatic rings. The van der Waals surface area contributed by atoms with E-state index in [1.165, 1.54) is 0 Å². The van der Waals surface area contributed by atoms with Crippen molar-refractivity contribution < 1.29 is 19.0 Å². The van der Waals surface area contributed by atoms with E-state index < -0.39 is 5.60 Å². The molecule has 0 unspecified atom stereocenters. The van der Waals surface area contributed by atoms with E-state index in [2.05, 4.69) is 9.88 Å². The van der Waals surface area contributed by atoms with E-state index >= 15 is 0 Å². The van der Waals surface area contributed by atoms with Gasteiger partial charge in [-0.1, -0.05) is 22.9 Å². The Morgan fingerprint density at radius 1 is 1.30 bits per heavy atom. The van der Waals surface area contributed by atoms with Crippen molar-refractivity contribution in [2.75, 3.05) is 31.2 Å². The SMILES string of the molecule is CC(C)(C)OC(=O)N1C[C@H]2C[C@@H]1CN2c1nc2c(O[C@@H]3CCOC3)nc(Cl)cc2s1. The van der Waals surface area contributed by atoms with Crippen LogP contribution in [0.5, 0.6) is 5.88 Å². The highest BCUT2D eigenvalue weighted by Crippen LogP contribution is 2.41. The van der Waals surface area contributed by atoms with E-state index in [1.807, 2.05) is 31.7 Å². The zero-order chi connectivity index (χ0) is 21.0. The Balaban J connectivity index is 1.35. The van der Waals surface area contributed by atoms with Crippen LogP contribution in [0.2, 0.25) is 5.15 Å². The minimum Gasteiger partial charge on any atom is -0.470 e. The lowest BCUT2D eigenvalue weighted by molar-refractivity contribution is 0.0214. The number of fused-ring (bicyclic) bond motifs is 3. The summed E-state index contributed by atoms with van der Waals surface area (Å²) >= 11 is 7.82. The van der Waals surface area contributed by atoms with Gasteiger partial charge in [0.05, 0.1) is 30.0 Å². The Morgan fingerprint density at radius 3 is 2.80 bits per heavy atom. The zero-order valence-corrected chi connectivity index (χ0v) is 18.8. The third-order valence-corrected chi connectivity index (χ3v) is 6.82. The monoisotopic (exact) mass is 452 g/mol. The van der Waals surface area contributed by atoms with Crippen molar-refractivity contribution in [1.29, 1.82) is 0 Å². The van der Waals surface area contributed by atoms with E-state index in [-0.39, 0.29) is 24.3 Å². The molecular weight excluding hydrogens is 428 g/mol. The number of piperazine rings is 1. The summed E-state index contributed by atoms with van der Waals surface area (Å²) in [5, 5.41) is 1.31. The number of amides is 1. The number of anilines is 1. The third-order valence-electron chi connectivity index (χ3n) is 5.58. The predicted molar refractivity (Wildman–Crippen MR) is 115 cm³/mol. The Bertz CT molecular complexity index is 972. The fourth-order valence-electron chi connectivity index (χ4n) is 4.28. The van der Waals surface area contributed by atoms with Gasteiger partial charge in [-0.2, -0.15) is 4.98 Å². The molecule has 5 rings (SSSR count). The van der Waals surface area contributed by atoms with Crippen LogP contribution in [-0.2, 0) is 9.47 Å². The molecule has 3 atom stereocenters. The van der Waals surface area contributed by atoms with Crippen molar-refractivity contribution >= 4 is 44.4 Å². The molecule has 0 aliphatic carbocycles. The van der Waals surface area contributed by atoms with Crippen molar-refractivity contribution in [1.82, 2.24) is 14.9 Å². The van der Waals surface area contributed by atoms with Crippen LogP contribution < -0.4 is 9.64 Å². The molecule has 0 saturated carbocycles. The predicted octanol–water partition coefficient (Wildman–Crippen LogP) is 3.71. The van der Waals surface area contributed by atoms with E-state index in [4.69, 9.17) is 30.8 Å².